The average Bonchev–Trinajstić information content (AvgIpc) is 2.13. The van der Waals surface area contributed by atoms with Gasteiger partial charge in [0.2, 0.25) is 0 Å². The molecule has 0 saturated carbocycles. The van der Waals surface area contributed by atoms with E-state index in [1.54, 1.807) is 18.9 Å². The molecule has 0 aromatic heterocycles. The summed E-state index contributed by atoms with van der Waals surface area (Å²) in [4.78, 5) is 12.7. The van der Waals surface area contributed by atoms with Crippen LogP contribution in [0.1, 0.15) is 27.2 Å². The molecule has 0 aliphatic carbocycles. The predicted octanol–water partition coefficient (Wildman–Crippen LogP) is 1.45. The van der Waals surface area contributed by atoms with Crippen molar-refractivity contribution < 1.29 is 9.53 Å². The molecule has 0 aliphatic heterocycles. The van der Waals surface area contributed by atoms with Crippen molar-refractivity contribution >= 4 is 6.09 Å². The summed E-state index contributed by atoms with van der Waals surface area (Å²) in [5, 5.41) is 0. The number of hydrogen-bond donors (Lipinski definition) is 1. The van der Waals surface area contributed by atoms with Gasteiger partial charge < -0.3 is 15.4 Å². The minimum Gasteiger partial charge on any atom is -0.450 e. The Kier molecular flexibility index (Phi) is 6.28. The Morgan fingerprint density at radius 3 is 2.50 bits per heavy atom. The topological polar surface area (TPSA) is 55.6 Å². The molecule has 0 saturated heterocycles. The summed E-state index contributed by atoms with van der Waals surface area (Å²) < 4.78 is 4.84. The van der Waals surface area contributed by atoms with Gasteiger partial charge in [-0.2, -0.15) is 0 Å². The Morgan fingerprint density at radius 2 is 2.07 bits per heavy atom. The quantitative estimate of drug-likeness (QED) is 0.734. The summed E-state index contributed by atoms with van der Waals surface area (Å²) in [6.07, 6.45) is 0.538. The molecule has 0 heterocycles. The number of nitrogens with zero attached hydrogens (tertiary/aromatic N) is 1. The molecule has 0 aromatic rings. The average molecular weight is 202 g/mol. The van der Waals surface area contributed by atoms with Crippen molar-refractivity contribution in [2.45, 2.75) is 33.2 Å². The molecular weight excluding hydrogens is 180 g/mol. The molecule has 0 aromatic carbocycles. The van der Waals surface area contributed by atoms with Crippen LogP contribution in [0.2, 0.25) is 0 Å². The minimum absolute atomic E-state index is 0.145. The lowest BCUT2D eigenvalue weighted by Crippen LogP contribution is -2.34. The van der Waals surface area contributed by atoms with Crippen molar-refractivity contribution in [3.05, 3.63) is 0 Å². The van der Waals surface area contributed by atoms with Crippen molar-refractivity contribution in [1.29, 1.82) is 0 Å². The zero-order valence-electron chi connectivity index (χ0n) is 9.62. The molecule has 4 nitrogen and oxygen atoms in total. The van der Waals surface area contributed by atoms with E-state index in [4.69, 9.17) is 10.5 Å². The van der Waals surface area contributed by atoms with Crippen LogP contribution in [0.15, 0.2) is 0 Å². The molecule has 0 fully saturated rings. The summed E-state index contributed by atoms with van der Waals surface area (Å²) >= 11 is 0. The van der Waals surface area contributed by atoms with E-state index in [9.17, 15) is 4.79 Å². The second-order valence-corrected chi connectivity index (χ2v) is 3.82. The number of nitrogens with two attached hydrogens (primary N) is 1. The van der Waals surface area contributed by atoms with Crippen LogP contribution in [-0.2, 0) is 4.74 Å². The molecule has 0 radical (unpaired) electrons. The molecule has 0 bridgehead atoms. The van der Waals surface area contributed by atoms with Crippen molar-refractivity contribution in [3.63, 3.8) is 0 Å². The highest BCUT2D eigenvalue weighted by molar-refractivity contribution is 5.67. The SMILES string of the molecule is CCOC(=O)N(C)CCC(N)C(C)C. The molecule has 1 unspecified atom stereocenters. The third-order valence-corrected chi connectivity index (χ3v) is 2.23. The number of rotatable bonds is 5. The highest BCUT2D eigenvalue weighted by Gasteiger charge is 2.12. The third-order valence-electron chi connectivity index (χ3n) is 2.23. The van der Waals surface area contributed by atoms with Crippen LogP contribution in [-0.4, -0.2) is 37.2 Å². The van der Waals surface area contributed by atoms with Gasteiger partial charge in [0.15, 0.2) is 0 Å². The molecule has 14 heavy (non-hydrogen) atoms. The summed E-state index contributed by atoms with van der Waals surface area (Å²) in [5.41, 5.74) is 5.86. The first-order valence-corrected chi connectivity index (χ1v) is 5.12. The Bertz CT molecular complexity index is 172. The lowest BCUT2D eigenvalue weighted by molar-refractivity contribution is 0.114. The van der Waals surface area contributed by atoms with E-state index in [-0.39, 0.29) is 12.1 Å². The second-order valence-electron chi connectivity index (χ2n) is 3.82. The maximum atomic E-state index is 11.2. The van der Waals surface area contributed by atoms with E-state index in [0.717, 1.165) is 6.42 Å². The normalized spacial score (nSPS) is 12.7. The van der Waals surface area contributed by atoms with Crippen LogP contribution in [0.5, 0.6) is 0 Å². The molecule has 0 rings (SSSR count). The number of hydrogen-bond acceptors (Lipinski definition) is 3. The summed E-state index contributed by atoms with van der Waals surface area (Å²) in [6.45, 7) is 7.02. The fourth-order valence-corrected chi connectivity index (χ4v) is 1.00. The molecule has 0 aliphatic rings. The van der Waals surface area contributed by atoms with Crippen molar-refractivity contribution in [1.82, 2.24) is 4.90 Å². The molecule has 0 spiro atoms. The molecule has 1 amide bonds. The van der Waals surface area contributed by atoms with Gasteiger partial charge in [-0.25, -0.2) is 4.79 Å². The van der Waals surface area contributed by atoms with Crippen LogP contribution >= 0.6 is 0 Å². The van der Waals surface area contributed by atoms with E-state index < -0.39 is 0 Å². The zero-order chi connectivity index (χ0) is 11.1. The van der Waals surface area contributed by atoms with E-state index in [0.29, 0.717) is 19.1 Å². The molecule has 84 valence electrons. The lowest BCUT2D eigenvalue weighted by Gasteiger charge is -2.20. The Hall–Kier alpha value is -0.770. The van der Waals surface area contributed by atoms with Gasteiger partial charge in [0, 0.05) is 19.6 Å². The molecular formula is C10H22N2O2. The van der Waals surface area contributed by atoms with Crippen LogP contribution in [0.25, 0.3) is 0 Å². The Balaban J connectivity index is 3.72. The minimum atomic E-state index is -0.275. The standard InChI is InChI=1S/C10H22N2O2/c1-5-14-10(13)12(4)7-6-9(11)8(2)3/h8-9H,5-7,11H2,1-4H3. The Morgan fingerprint density at radius 1 is 1.50 bits per heavy atom. The molecule has 1 atom stereocenters. The van der Waals surface area contributed by atoms with Gasteiger partial charge in [0.25, 0.3) is 0 Å². The lowest BCUT2D eigenvalue weighted by atomic mass is 10.0. The van der Waals surface area contributed by atoms with Gasteiger partial charge in [-0.15, -0.1) is 0 Å². The van der Waals surface area contributed by atoms with E-state index >= 15 is 0 Å². The van der Waals surface area contributed by atoms with Crippen LogP contribution in [0.4, 0.5) is 4.79 Å². The van der Waals surface area contributed by atoms with E-state index in [1.807, 2.05) is 0 Å². The first-order chi connectivity index (χ1) is 6.49. The smallest absolute Gasteiger partial charge is 0.409 e. The maximum Gasteiger partial charge on any atom is 0.409 e. The van der Waals surface area contributed by atoms with Gasteiger partial charge in [-0.1, -0.05) is 13.8 Å². The van der Waals surface area contributed by atoms with Gasteiger partial charge in [0.05, 0.1) is 6.61 Å². The van der Waals surface area contributed by atoms with Gasteiger partial charge in [0.1, 0.15) is 0 Å². The predicted molar refractivity (Wildman–Crippen MR) is 57.1 cm³/mol. The van der Waals surface area contributed by atoms with Crippen molar-refractivity contribution in [3.8, 4) is 0 Å². The van der Waals surface area contributed by atoms with Crippen molar-refractivity contribution in [2.75, 3.05) is 20.2 Å². The van der Waals surface area contributed by atoms with Crippen LogP contribution < -0.4 is 5.73 Å². The van der Waals surface area contributed by atoms with E-state index in [1.165, 1.54) is 0 Å². The fraction of sp³-hybridized carbons (Fsp3) is 0.900. The highest BCUT2D eigenvalue weighted by atomic mass is 16.5. The van der Waals surface area contributed by atoms with Crippen LogP contribution in [0, 0.1) is 5.92 Å². The van der Waals surface area contributed by atoms with Gasteiger partial charge >= 0.3 is 6.09 Å². The van der Waals surface area contributed by atoms with Crippen molar-refractivity contribution in [2.24, 2.45) is 11.7 Å². The second kappa shape index (κ2) is 6.65. The molecule has 4 heteroatoms. The van der Waals surface area contributed by atoms with E-state index in [2.05, 4.69) is 13.8 Å². The number of amides is 1. The maximum absolute atomic E-state index is 11.2. The highest BCUT2D eigenvalue weighted by Crippen LogP contribution is 2.04. The fourth-order valence-electron chi connectivity index (χ4n) is 1.00. The van der Waals surface area contributed by atoms with Crippen LogP contribution in [0.3, 0.4) is 0 Å². The summed E-state index contributed by atoms with van der Waals surface area (Å²) in [7, 11) is 1.73. The first kappa shape index (κ1) is 13.2. The third kappa shape index (κ3) is 5.07. The van der Waals surface area contributed by atoms with Gasteiger partial charge in [-0.05, 0) is 19.3 Å². The summed E-state index contributed by atoms with van der Waals surface area (Å²) in [5.74, 6) is 0.450. The zero-order valence-corrected chi connectivity index (χ0v) is 9.62. The summed E-state index contributed by atoms with van der Waals surface area (Å²) in [6, 6.07) is 0.145. The molecule has 2 N–H and O–H groups in total. The Labute approximate surface area is 86.4 Å². The monoisotopic (exact) mass is 202 g/mol. The largest absolute Gasteiger partial charge is 0.450 e. The van der Waals surface area contributed by atoms with Gasteiger partial charge in [-0.3, -0.25) is 0 Å². The number of carbonyl (C=O) groups is 1. The number of carbonyl (C=O) groups excluding carboxylic acids is 1. The first-order valence-electron chi connectivity index (χ1n) is 5.12. The number of ether oxygens (including phenoxy) is 1.